The number of rotatable bonds is 2. The van der Waals surface area contributed by atoms with Gasteiger partial charge in [-0.1, -0.05) is 31.4 Å². The van der Waals surface area contributed by atoms with E-state index in [2.05, 4.69) is 19.7 Å². The van der Waals surface area contributed by atoms with Crippen molar-refractivity contribution in [3.05, 3.63) is 38.0 Å². The molecule has 9 heavy (non-hydrogen) atoms. The van der Waals surface area contributed by atoms with Gasteiger partial charge in [-0.25, -0.2) is 0 Å². The van der Waals surface area contributed by atoms with Crippen LogP contribution in [0.5, 0.6) is 0 Å². The zero-order chi connectivity index (χ0) is 7.70. The molecule has 0 fully saturated rings. The molecule has 1 atom stereocenters. The fraction of sp³-hybridized carbons (Fsp3) is 0.250. The van der Waals surface area contributed by atoms with Crippen LogP contribution in [-0.4, -0.2) is 11.2 Å². The second-order valence-electron chi connectivity index (χ2n) is 1.45. The molecule has 0 heterocycles. The van der Waals surface area contributed by atoms with Gasteiger partial charge in [-0.15, -0.1) is 6.58 Å². The van der Waals surface area contributed by atoms with E-state index in [0.29, 0.717) is 0 Å². The third kappa shape index (κ3) is 40.5. The molecule has 0 saturated carbocycles. The van der Waals surface area contributed by atoms with E-state index in [1.165, 1.54) is 6.08 Å². The summed E-state index contributed by atoms with van der Waals surface area (Å²) in [5, 5.41) is 8.24. The van der Waals surface area contributed by atoms with Crippen molar-refractivity contribution >= 4 is 0 Å². The molecule has 0 bridgehead atoms. The van der Waals surface area contributed by atoms with E-state index in [1.54, 1.807) is 19.1 Å². The summed E-state index contributed by atoms with van der Waals surface area (Å²) in [5.41, 5.74) is 0. The molecule has 0 spiro atoms. The topological polar surface area (TPSA) is 20.2 Å². The van der Waals surface area contributed by atoms with Gasteiger partial charge in [-0.3, -0.25) is 0 Å². The maximum atomic E-state index is 8.24. The van der Waals surface area contributed by atoms with E-state index in [9.17, 15) is 0 Å². The first-order valence-electron chi connectivity index (χ1n) is 2.73. The number of allylic oxidation sites excluding steroid dienone is 2. The van der Waals surface area contributed by atoms with Crippen LogP contribution in [0.2, 0.25) is 0 Å². The standard InChI is InChI=1S/C4H8O.C4H6/c1-3-4(2)5;1-3-4-2/h3-5H,1H2,2H3;3-4H,1-2H2. The van der Waals surface area contributed by atoms with Crippen LogP contribution in [0.1, 0.15) is 6.92 Å². The van der Waals surface area contributed by atoms with Gasteiger partial charge in [-0.05, 0) is 6.92 Å². The molecule has 0 aromatic rings. The van der Waals surface area contributed by atoms with E-state index < -0.39 is 0 Å². The average molecular weight is 126 g/mol. The second kappa shape index (κ2) is 10.2. The van der Waals surface area contributed by atoms with Gasteiger partial charge >= 0.3 is 0 Å². The molecule has 0 aliphatic heterocycles. The first kappa shape index (κ1) is 11.0. The molecule has 1 N–H and O–H groups in total. The fourth-order valence-corrected chi connectivity index (χ4v) is 0. The maximum absolute atomic E-state index is 8.24. The first-order valence-corrected chi connectivity index (χ1v) is 2.73. The van der Waals surface area contributed by atoms with E-state index in [0.717, 1.165) is 0 Å². The van der Waals surface area contributed by atoms with Crippen LogP contribution in [0.25, 0.3) is 0 Å². The van der Waals surface area contributed by atoms with Gasteiger partial charge in [0.15, 0.2) is 0 Å². The number of hydrogen-bond acceptors (Lipinski definition) is 1. The monoisotopic (exact) mass is 126 g/mol. The van der Waals surface area contributed by atoms with Crippen LogP contribution in [0.3, 0.4) is 0 Å². The maximum Gasteiger partial charge on any atom is 0.0690 e. The third-order valence-electron chi connectivity index (χ3n) is 0.508. The van der Waals surface area contributed by atoms with E-state index >= 15 is 0 Å². The molecule has 0 amide bonds. The molecule has 0 radical (unpaired) electrons. The van der Waals surface area contributed by atoms with E-state index in [-0.39, 0.29) is 6.10 Å². The van der Waals surface area contributed by atoms with Crippen molar-refractivity contribution in [2.24, 2.45) is 0 Å². The molecular weight excluding hydrogens is 112 g/mol. The summed E-state index contributed by atoms with van der Waals surface area (Å²) in [6.07, 6.45) is 4.40. The highest BCUT2D eigenvalue weighted by Crippen LogP contribution is 1.73. The predicted octanol–water partition coefficient (Wildman–Crippen LogP) is 1.91. The smallest absolute Gasteiger partial charge is 0.0690 e. The molecule has 0 aliphatic carbocycles. The van der Waals surface area contributed by atoms with Crippen LogP contribution in [0.4, 0.5) is 0 Å². The van der Waals surface area contributed by atoms with Gasteiger partial charge in [0.05, 0.1) is 6.10 Å². The summed E-state index contributed by atoms with van der Waals surface area (Å²) in [7, 11) is 0. The van der Waals surface area contributed by atoms with Gasteiger partial charge in [0.25, 0.3) is 0 Å². The lowest BCUT2D eigenvalue weighted by Gasteiger charge is -1.84. The summed E-state index contributed by atoms with van der Waals surface area (Å²) < 4.78 is 0. The highest BCUT2D eigenvalue weighted by molar-refractivity contribution is 4.88. The molecular formula is C8H14O. The van der Waals surface area contributed by atoms with Crippen LogP contribution in [0.15, 0.2) is 38.0 Å². The van der Waals surface area contributed by atoms with Gasteiger partial charge in [0.2, 0.25) is 0 Å². The Morgan fingerprint density at radius 2 is 1.44 bits per heavy atom. The summed E-state index contributed by atoms with van der Waals surface area (Å²) in [4.78, 5) is 0. The van der Waals surface area contributed by atoms with Gasteiger partial charge in [-0.2, -0.15) is 0 Å². The molecule has 0 rings (SSSR count). The van der Waals surface area contributed by atoms with Crippen molar-refractivity contribution in [2.75, 3.05) is 0 Å². The minimum Gasteiger partial charge on any atom is -0.389 e. The second-order valence-corrected chi connectivity index (χ2v) is 1.45. The summed E-state index contributed by atoms with van der Waals surface area (Å²) in [6.45, 7) is 11.7. The lowest BCUT2D eigenvalue weighted by atomic mass is 10.4. The Hall–Kier alpha value is -0.820. The first-order chi connectivity index (χ1) is 4.18. The van der Waals surface area contributed by atoms with Gasteiger partial charge in [0.1, 0.15) is 0 Å². The number of aliphatic hydroxyl groups is 1. The van der Waals surface area contributed by atoms with E-state index in [1.807, 2.05) is 0 Å². The van der Waals surface area contributed by atoms with Crippen LogP contribution >= 0.6 is 0 Å². The molecule has 1 heteroatoms. The Morgan fingerprint density at radius 1 is 1.22 bits per heavy atom. The third-order valence-corrected chi connectivity index (χ3v) is 0.508. The highest BCUT2D eigenvalue weighted by Gasteiger charge is 1.75. The van der Waals surface area contributed by atoms with Crippen molar-refractivity contribution < 1.29 is 5.11 Å². The summed E-state index contributed by atoms with van der Waals surface area (Å²) in [6, 6.07) is 0. The molecule has 52 valence electrons. The van der Waals surface area contributed by atoms with E-state index in [4.69, 9.17) is 5.11 Å². The van der Waals surface area contributed by atoms with Crippen molar-refractivity contribution in [2.45, 2.75) is 13.0 Å². The van der Waals surface area contributed by atoms with Crippen LogP contribution in [0, 0.1) is 0 Å². The van der Waals surface area contributed by atoms with Crippen molar-refractivity contribution in [1.29, 1.82) is 0 Å². The zero-order valence-corrected chi connectivity index (χ0v) is 5.88. The van der Waals surface area contributed by atoms with Crippen LogP contribution < -0.4 is 0 Å². The lowest BCUT2D eigenvalue weighted by Crippen LogP contribution is -1.88. The quantitative estimate of drug-likeness (QED) is 0.442. The molecule has 0 aliphatic rings. The number of aliphatic hydroxyl groups excluding tert-OH is 1. The van der Waals surface area contributed by atoms with Gasteiger partial charge in [0, 0.05) is 0 Å². The summed E-state index contributed by atoms with van der Waals surface area (Å²) in [5.74, 6) is 0. The molecule has 0 aromatic heterocycles. The Balaban J connectivity index is 0. The average Bonchev–Trinajstić information content (AvgIpc) is 1.89. The predicted molar refractivity (Wildman–Crippen MR) is 42.3 cm³/mol. The minimum atomic E-state index is -0.352. The van der Waals surface area contributed by atoms with Crippen molar-refractivity contribution in [1.82, 2.24) is 0 Å². The Morgan fingerprint density at radius 3 is 1.44 bits per heavy atom. The van der Waals surface area contributed by atoms with Crippen molar-refractivity contribution in [3.8, 4) is 0 Å². The van der Waals surface area contributed by atoms with Gasteiger partial charge < -0.3 is 5.11 Å². The molecule has 0 saturated heterocycles. The number of hydrogen-bond donors (Lipinski definition) is 1. The minimum absolute atomic E-state index is 0.352. The molecule has 0 aromatic carbocycles. The fourth-order valence-electron chi connectivity index (χ4n) is 0. The largest absolute Gasteiger partial charge is 0.389 e. The summed E-state index contributed by atoms with van der Waals surface area (Å²) >= 11 is 0. The zero-order valence-electron chi connectivity index (χ0n) is 5.88. The SMILES string of the molecule is C=CC(C)O.C=CC=C. The molecule has 1 nitrogen and oxygen atoms in total. The Kier molecular flexibility index (Phi) is 12.5. The highest BCUT2D eigenvalue weighted by atomic mass is 16.3. The molecule has 1 unspecified atom stereocenters. The normalized spacial score (nSPS) is 10.0. The lowest BCUT2D eigenvalue weighted by molar-refractivity contribution is 0.244. The van der Waals surface area contributed by atoms with Crippen LogP contribution in [-0.2, 0) is 0 Å². The Labute approximate surface area is 57.0 Å². The van der Waals surface area contributed by atoms with Crippen molar-refractivity contribution in [3.63, 3.8) is 0 Å². The Bertz CT molecular complexity index is 76.6.